The van der Waals surface area contributed by atoms with E-state index in [4.69, 9.17) is 9.47 Å². The average molecular weight is 462 g/mol. The summed E-state index contributed by atoms with van der Waals surface area (Å²) in [6, 6.07) is 8.94. The van der Waals surface area contributed by atoms with E-state index >= 15 is 0 Å². The van der Waals surface area contributed by atoms with Crippen molar-refractivity contribution in [1.29, 1.82) is 0 Å². The quantitative estimate of drug-likeness (QED) is 0.403. The van der Waals surface area contributed by atoms with Crippen LogP contribution in [0.25, 0.3) is 0 Å². The van der Waals surface area contributed by atoms with Crippen molar-refractivity contribution in [3.8, 4) is 0 Å². The summed E-state index contributed by atoms with van der Waals surface area (Å²) < 4.78 is 10.9. The molecule has 2 fully saturated rings. The van der Waals surface area contributed by atoms with Crippen LogP contribution in [-0.4, -0.2) is 82.4 Å². The molecule has 1 saturated heterocycles. The number of nitrogens with zero attached hydrogens (tertiary/aromatic N) is 1. The molecule has 0 radical (unpaired) electrons. The molecular weight excluding hydrogens is 422 g/mol. The molecule has 7 heteroatoms. The number of fused-ring (bicyclic) bond motifs is 1. The number of hydrogen-bond acceptors (Lipinski definition) is 7. The number of allylic oxidation sites excluding steroid dienone is 1. The van der Waals surface area contributed by atoms with Crippen molar-refractivity contribution in [2.24, 2.45) is 5.92 Å². The van der Waals surface area contributed by atoms with Gasteiger partial charge in [-0.25, -0.2) is 0 Å². The molecule has 3 N–H and O–H groups in total. The minimum Gasteiger partial charge on any atom is -0.468 e. The maximum atomic E-state index is 13.1. The minimum atomic E-state index is -1.22. The Morgan fingerprint density at radius 3 is 2.52 bits per heavy atom. The zero-order valence-electron chi connectivity index (χ0n) is 20.4. The fourth-order valence-corrected chi connectivity index (χ4v) is 5.96. The molecule has 0 bridgehead atoms. The van der Waals surface area contributed by atoms with E-state index in [0.717, 1.165) is 11.1 Å². The fraction of sp³-hybridized carbons (Fsp3) is 0.654. The van der Waals surface area contributed by atoms with Crippen molar-refractivity contribution in [2.45, 2.75) is 81.9 Å². The molecular formula is C26H39NO6. The van der Waals surface area contributed by atoms with E-state index in [-0.39, 0.29) is 6.54 Å². The van der Waals surface area contributed by atoms with Crippen LogP contribution in [0.5, 0.6) is 0 Å². The number of hydrogen-bond donors (Lipinski definition) is 3. The average Bonchev–Trinajstić information content (AvgIpc) is 3.04. The van der Waals surface area contributed by atoms with E-state index < -0.39 is 47.4 Å². The Morgan fingerprint density at radius 1 is 1.27 bits per heavy atom. The Balaban J connectivity index is 2.11. The van der Waals surface area contributed by atoms with Crippen LogP contribution < -0.4 is 0 Å². The van der Waals surface area contributed by atoms with Gasteiger partial charge in [0.1, 0.15) is 6.04 Å². The van der Waals surface area contributed by atoms with Crippen molar-refractivity contribution < 1.29 is 29.6 Å². The third kappa shape index (κ3) is 4.88. The van der Waals surface area contributed by atoms with Crippen LogP contribution in [0, 0.1) is 5.92 Å². The molecule has 3 rings (SSSR count). The summed E-state index contributed by atoms with van der Waals surface area (Å²) in [7, 11) is 2.88. The van der Waals surface area contributed by atoms with Gasteiger partial charge in [0.25, 0.3) is 0 Å². The largest absolute Gasteiger partial charge is 0.468 e. The molecule has 0 aromatic heterocycles. The first-order valence-electron chi connectivity index (χ1n) is 11.7. The first kappa shape index (κ1) is 25.8. The molecule has 1 aliphatic carbocycles. The summed E-state index contributed by atoms with van der Waals surface area (Å²) in [4.78, 5) is 15.0. The van der Waals surface area contributed by atoms with Gasteiger partial charge in [-0.2, -0.15) is 0 Å². The Labute approximate surface area is 197 Å². The predicted molar refractivity (Wildman–Crippen MR) is 126 cm³/mol. The van der Waals surface area contributed by atoms with E-state index in [1.54, 1.807) is 0 Å². The number of benzene rings is 1. The SMILES string of the molecule is COC(=O)[C@H](Cc1ccccc1)N1C[C@@]2(O)CC[C@@H](O)[C@@H](OC)[C@@H]2[C@@]1(C)[C@@H](O)CC=C(C)C. The highest BCUT2D eigenvalue weighted by Gasteiger charge is 2.67. The highest BCUT2D eigenvalue weighted by molar-refractivity contribution is 5.76. The van der Waals surface area contributed by atoms with Crippen molar-refractivity contribution >= 4 is 5.97 Å². The number of carbonyl (C=O) groups excluding carboxylic acids is 1. The number of aliphatic hydroxyl groups excluding tert-OH is 2. The molecule has 184 valence electrons. The van der Waals surface area contributed by atoms with Gasteiger partial charge < -0.3 is 24.8 Å². The molecule has 0 amide bonds. The summed E-state index contributed by atoms with van der Waals surface area (Å²) in [5, 5.41) is 34.1. The molecule has 1 aromatic rings. The first-order chi connectivity index (χ1) is 15.6. The number of ether oxygens (including phenoxy) is 2. The lowest BCUT2D eigenvalue weighted by molar-refractivity contribution is -0.173. The molecule has 0 spiro atoms. The van der Waals surface area contributed by atoms with Crippen LogP contribution in [-0.2, 0) is 20.7 Å². The number of esters is 1. The van der Waals surface area contributed by atoms with Crippen molar-refractivity contribution in [3.05, 3.63) is 47.5 Å². The van der Waals surface area contributed by atoms with Gasteiger partial charge in [-0.1, -0.05) is 42.0 Å². The third-order valence-electron chi connectivity index (χ3n) is 7.67. The maximum absolute atomic E-state index is 13.1. The van der Waals surface area contributed by atoms with Crippen LogP contribution in [0.1, 0.15) is 45.6 Å². The van der Waals surface area contributed by atoms with Crippen molar-refractivity contribution in [2.75, 3.05) is 20.8 Å². The van der Waals surface area contributed by atoms with Crippen LogP contribution in [0.4, 0.5) is 0 Å². The van der Waals surface area contributed by atoms with Crippen molar-refractivity contribution in [3.63, 3.8) is 0 Å². The van der Waals surface area contributed by atoms with E-state index in [0.29, 0.717) is 25.7 Å². The van der Waals surface area contributed by atoms with Crippen LogP contribution in [0.2, 0.25) is 0 Å². The summed E-state index contributed by atoms with van der Waals surface area (Å²) >= 11 is 0. The molecule has 1 heterocycles. The van der Waals surface area contributed by atoms with Gasteiger partial charge in [-0.05, 0) is 52.0 Å². The fourth-order valence-electron chi connectivity index (χ4n) is 5.96. The van der Waals surface area contributed by atoms with Gasteiger partial charge in [0.2, 0.25) is 0 Å². The summed E-state index contributed by atoms with van der Waals surface area (Å²) in [5.41, 5.74) is -0.238. The van der Waals surface area contributed by atoms with E-state index in [1.165, 1.54) is 14.2 Å². The number of methoxy groups -OCH3 is 2. The van der Waals surface area contributed by atoms with Crippen molar-refractivity contribution in [1.82, 2.24) is 4.90 Å². The Morgan fingerprint density at radius 2 is 1.94 bits per heavy atom. The molecule has 1 saturated carbocycles. The molecule has 1 aromatic carbocycles. The zero-order chi connectivity index (χ0) is 24.4. The van der Waals surface area contributed by atoms with Gasteiger partial charge in [0.15, 0.2) is 0 Å². The molecule has 33 heavy (non-hydrogen) atoms. The van der Waals surface area contributed by atoms with E-state index in [1.807, 2.05) is 62.1 Å². The maximum Gasteiger partial charge on any atom is 0.323 e. The molecule has 2 aliphatic rings. The Bertz CT molecular complexity index is 840. The van der Waals surface area contributed by atoms with Crippen LogP contribution in [0.15, 0.2) is 42.0 Å². The number of aliphatic hydroxyl groups is 3. The second kappa shape index (κ2) is 10.2. The zero-order valence-corrected chi connectivity index (χ0v) is 20.4. The van der Waals surface area contributed by atoms with E-state index in [9.17, 15) is 20.1 Å². The third-order valence-corrected chi connectivity index (χ3v) is 7.67. The lowest BCUT2D eigenvalue weighted by Crippen LogP contribution is -2.65. The molecule has 7 atom stereocenters. The van der Waals surface area contributed by atoms with Gasteiger partial charge in [0.05, 0.1) is 36.6 Å². The lowest BCUT2D eigenvalue weighted by Gasteiger charge is -2.50. The summed E-state index contributed by atoms with van der Waals surface area (Å²) in [6.45, 7) is 5.99. The monoisotopic (exact) mass is 461 g/mol. The molecule has 7 nitrogen and oxygen atoms in total. The molecule has 1 aliphatic heterocycles. The highest BCUT2D eigenvalue weighted by Crippen LogP contribution is 2.53. The normalized spacial score (nSPS) is 33.8. The molecule has 0 unspecified atom stereocenters. The number of β-amino-alcohol motifs (C(OH)–C–C–N with tert-alkyl or cyclic N) is 1. The second-order valence-corrected chi connectivity index (χ2v) is 10.0. The highest BCUT2D eigenvalue weighted by atomic mass is 16.5. The first-order valence-corrected chi connectivity index (χ1v) is 11.7. The van der Waals surface area contributed by atoms with Gasteiger partial charge >= 0.3 is 5.97 Å². The smallest absolute Gasteiger partial charge is 0.323 e. The number of carbonyl (C=O) groups is 1. The topological polar surface area (TPSA) is 99.5 Å². The van der Waals surface area contributed by atoms with E-state index in [2.05, 4.69) is 0 Å². The summed E-state index contributed by atoms with van der Waals surface area (Å²) in [5.74, 6) is -1.02. The Hall–Kier alpha value is -1.77. The minimum absolute atomic E-state index is 0.180. The van der Waals surface area contributed by atoms with Crippen LogP contribution in [0.3, 0.4) is 0 Å². The number of likely N-dealkylation sites (tertiary alicyclic amines) is 1. The lowest BCUT2D eigenvalue weighted by atomic mass is 9.65. The standard InChI is InChI=1S/C26H39NO6/c1-17(2)11-12-21(29)25(3)23-22(32-4)20(28)13-14-26(23,31)16-27(25)19(24(30)33-5)15-18-9-7-6-8-10-18/h6-11,19-23,28-29,31H,12-16H2,1-5H3/t19-,20+,21-,22+,23+,25+,26-/m0/s1. The van der Waals surface area contributed by atoms with Gasteiger partial charge in [-0.15, -0.1) is 0 Å². The van der Waals surface area contributed by atoms with Gasteiger partial charge in [0, 0.05) is 19.6 Å². The predicted octanol–water partition coefficient (Wildman–Crippen LogP) is 2.08. The second-order valence-electron chi connectivity index (χ2n) is 10.0. The Kier molecular flexibility index (Phi) is 8.02. The van der Waals surface area contributed by atoms with Gasteiger partial charge in [-0.3, -0.25) is 9.69 Å². The number of rotatable bonds is 8. The van der Waals surface area contributed by atoms with Crippen LogP contribution >= 0.6 is 0 Å². The summed E-state index contributed by atoms with van der Waals surface area (Å²) in [6.07, 6.45) is 1.10.